The summed E-state index contributed by atoms with van der Waals surface area (Å²) in [5, 5.41) is 12.4. The van der Waals surface area contributed by atoms with Crippen LogP contribution in [-0.2, 0) is 0 Å². The number of rotatable bonds is 3. The Morgan fingerprint density at radius 2 is 0.911 bits per heavy atom. The number of fused-ring (bicyclic) bond motifs is 3. The largest absolute Gasteiger partial charge is 0.455 e. The SMILES string of the molecule is c1ccc(-c2ccc3c(-c4c5ccccc5c(-c5cccc6ccccc56)c5ccccc45)cc4cccc5oc2c3c45)cc1. The lowest BCUT2D eigenvalue weighted by atomic mass is 9.82. The van der Waals surface area contributed by atoms with E-state index in [-0.39, 0.29) is 0 Å². The van der Waals surface area contributed by atoms with Gasteiger partial charge in [-0.3, -0.25) is 0 Å². The average Bonchev–Trinajstić information content (AvgIpc) is 3.50. The van der Waals surface area contributed by atoms with Crippen molar-refractivity contribution in [2.24, 2.45) is 0 Å². The van der Waals surface area contributed by atoms with Crippen LogP contribution in [0.25, 0.3) is 98.4 Å². The molecule has 0 aliphatic heterocycles. The van der Waals surface area contributed by atoms with Gasteiger partial charge >= 0.3 is 0 Å². The molecule has 0 radical (unpaired) electrons. The molecule has 1 aromatic heterocycles. The summed E-state index contributed by atoms with van der Waals surface area (Å²) in [7, 11) is 0. The first-order valence-corrected chi connectivity index (χ1v) is 15.5. The van der Waals surface area contributed by atoms with Crippen molar-refractivity contribution < 1.29 is 4.42 Å². The van der Waals surface area contributed by atoms with Crippen LogP contribution in [0.1, 0.15) is 0 Å². The van der Waals surface area contributed by atoms with Gasteiger partial charge in [0.25, 0.3) is 0 Å². The molecule has 0 spiro atoms. The van der Waals surface area contributed by atoms with Crippen LogP contribution in [-0.4, -0.2) is 0 Å². The zero-order valence-corrected chi connectivity index (χ0v) is 24.4. The molecule has 9 aromatic carbocycles. The van der Waals surface area contributed by atoms with E-state index in [9.17, 15) is 0 Å². The Kier molecular flexibility index (Phi) is 5.06. The number of furan rings is 1. The molecule has 1 nitrogen and oxygen atoms in total. The molecule has 1 heteroatoms. The van der Waals surface area contributed by atoms with Gasteiger partial charge in [-0.25, -0.2) is 0 Å². The third-order valence-corrected chi connectivity index (χ3v) is 9.61. The third kappa shape index (κ3) is 3.44. The Hall–Kier alpha value is -5.92. The maximum absolute atomic E-state index is 6.68. The van der Waals surface area contributed by atoms with Crippen LogP contribution in [0, 0.1) is 0 Å². The second-order valence-electron chi connectivity index (χ2n) is 12.0. The van der Waals surface area contributed by atoms with E-state index in [2.05, 4.69) is 158 Å². The van der Waals surface area contributed by atoms with E-state index >= 15 is 0 Å². The summed E-state index contributed by atoms with van der Waals surface area (Å²) in [6, 6.07) is 57.2. The van der Waals surface area contributed by atoms with Crippen molar-refractivity contribution in [3.8, 4) is 33.4 Å². The lowest BCUT2D eigenvalue weighted by Gasteiger charge is -2.20. The average molecular weight is 571 g/mol. The molecule has 0 N–H and O–H groups in total. The Balaban J connectivity index is 1.38. The molecule has 45 heavy (non-hydrogen) atoms. The maximum atomic E-state index is 6.68. The van der Waals surface area contributed by atoms with Crippen molar-refractivity contribution in [1.29, 1.82) is 0 Å². The van der Waals surface area contributed by atoms with Crippen LogP contribution in [0.3, 0.4) is 0 Å². The second kappa shape index (κ2) is 9.29. The summed E-state index contributed by atoms with van der Waals surface area (Å²) in [6.07, 6.45) is 0. The predicted molar refractivity (Wildman–Crippen MR) is 191 cm³/mol. The minimum atomic E-state index is 0.934. The summed E-state index contributed by atoms with van der Waals surface area (Å²) in [5.74, 6) is 0. The molecule has 0 aliphatic carbocycles. The molecule has 10 rings (SSSR count). The van der Waals surface area contributed by atoms with Crippen LogP contribution in [0.15, 0.2) is 162 Å². The van der Waals surface area contributed by atoms with Gasteiger partial charge < -0.3 is 4.42 Å². The van der Waals surface area contributed by atoms with Gasteiger partial charge in [0.1, 0.15) is 11.2 Å². The quantitative estimate of drug-likeness (QED) is 0.152. The molecule has 0 unspecified atom stereocenters. The van der Waals surface area contributed by atoms with Gasteiger partial charge in [0, 0.05) is 16.3 Å². The Morgan fingerprint density at radius 1 is 0.333 bits per heavy atom. The Labute approximate surface area is 259 Å². The fourth-order valence-electron chi connectivity index (χ4n) is 7.73. The Bertz CT molecular complexity index is 2680. The summed E-state index contributed by atoms with van der Waals surface area (Å²) < 4.78 is 6.68. The van der Waals surface area contributed by atoms with Gasteiger partial charge in [-0.2, -0.15) is 0 Å². The zero-order chi connectivity index (χ0) is 29.5. The fraction of sp³-hybridized carbons (Fsp3) is 0. The van der Waals surface area contributed by atoms with E-state index in [1.165, 1.54) is 76.1 Å². The Morgan fingerprint density at radius 3 is 1.64 bits per heavy atom. The van der Waals surface area contributed by atoms with Crippen LogP contribution in [0.2, 0.25) is 0 Å². The number of benzene rings is 9. The first kappa shape index (κ1) is 24.5. The van der Waals surface area contributed by atoms with Crippen molar-refractivity contribution in [3.63, 3.8) is 0 Å². The molecule has 0 fully saturated rings. The molecule has 0 atom stereocenters. The van der Waals surface area contributed by atoms with Crippen LogP contribution in [0.4, 0.5) is 0 Å². The minimum Gasteiger partial charge on any atom is -0.455 e. The zero-order valence-electron chi connectivity index (χ0n) is 24.4. The smallest absolute Gasteiger partial charge is 0.143 e. The van der Waals surface area contributed by atoms with Gasteiger partial charge in [0.05, 0.1) is 0 Å². The van der Waals surface area contributed by atoms with Crippen molar-refractivity contribution in [2.75, 3.05) is 0 Å². The first-order chi connectivity index (χ1) is 22.3. The summed E-state index contributed by atoms with van der Waals surface area (Å²) in [6.45, 7) is 0. The molecule has 10 aromatic rings. The van der Waals surface area contributed by atoms with E-state index in [4.69, 9.17) is 4.42 Å². The molecule has 208 valence electrons. The summed E-state index contributed by atoms with van der Waals surface area (Å²) in [5.41, 5.74) is 9.22. The van der Waals surface area contributed by atoms with Gasteiger partial charge in [0.2, 0.25) is 0 Å². The highest BCUT2D eigenvalue weighted by Gasteiger charge is 2.23. The molecule has 0 amide bonds. The monoisotopic (exact) mass is 570 g/mol. The van der Waals surface area contributed by atoms with Crippen LogP contribution >= 0.6 is 0 Å². The third-order valence-electron chi connectivity index (χ3n) is 9.61. The molecule has 1 heterocycles. The van der Waals surface area contributed by atoms with E-state index < -0.39 is 0 Å². The molecule has 0 saturated carbocycles. The predicted octanol–water partition coefficient (Wildman–Crippen LogP) is 12.6. The fourth-order valence-corrected chi connectivity index (χ4v) is 7.73. The van der Waals surface area contributed by atoms with Crippen molar-refractivity contribution >= 4 is 65.0 Å². The van der Waals surface area contributed by atoms with Crippen LogP contribution in [0.5, 0.6) is 0 Å². The first-order valence-electron chi connectivity index (χ1n) is 15.5. The van der Waals surface area contributed by atoms with E-state index in [0.29, 0.717) is 0 Å². The topological polar surface area (TPSA) is 13.1 Å². The summed E-state index contributed by atoms with van der Waals surface area (Å²) >= 11 is 0. The molecular weight excluding hydrogens is 544 g/mol. The number of hydrogen-bond acceptors (Lipinski definition) is 1. The molecule has 0 aliphatic rings. The standard InChI is InChI=1S/C44H26O/c1-2-12-28(13-3-1)31-24-25-37-38(26-29-16-11-23-39-40(29)43(37)44(31)45-39)42-35-20-8-6-18-33(35)41(34-19-7-9-21-36(34)42)32-22-10-15-27-14-4-5-17-30(27)32/h1-26H. The highest BCUT2D eigenvalue weighted by molar-refractivity contribution is 6.31. The van der Waals surface area contributed by atoms with Crippen molar-refractivity contribution in [2.45, 2.75) is 0 Å². The van der Waals surface area contributed by atoms with E-state index in [0.717, 1.165) is 22.3 Å². The highest BCUT2D eigenvalue weighted by atomic mass is 16.3. The molecular formula is C44H26O. The van der Waals surface area contributed by atoms with Gasteiger partial charge in [-0.05, 0) is 89.1 Å². The van der Waals surface area contributed by atoms with Crippen molar-refractivity contribution in [1.82, 2.24) is 0 Å². The normalized spacial score (nSPS) is 12.0. The second-order valence-corrected chi connectivity index (χ2v) is 12.0. The minimum absolute atomic E-state index is 0.934. The molecule has 0 bridgehead atoms. The lowest BCUT2D eigenvalue weighted by molar-refractivity contribution is 0.670. The lowest BCUT2D eigenvalue weighted by Crippen LogP contribution is -1.93. The highest BCUT2D eigenvalue weighted by Crippen LogP contribution is 2.50. The number of hydrogen-bond donors (Lipinski definition) is 0. The van der Waals surface area contributed by atoms with Gasteiger partial charge in [-0.1, -0.05) is 140 Å². The summed E-state index contributed by atoms with van der Waals surface area (Å²) in [4.78, 5) is 0. The maximum Gasteiger partial charge on any atom is 0.143 e. The van der Waals surface area contributed by atoms with Gasteiger partial charge in [-0.15, -0.1) is 0 Å². The van der Waals surface area contributed by atoms with Crippen molar-refractivity contribution in [3.05, 3.63) is 158 Å². The van der Waals surface area contributed by atoms with E-state index in [1.807, 2.05) is 0 Å². The molecule has 0 saturated heterocycles. The van der Waals surface area contributed by atoms with Crippen LogP contribution < -0.4 is 0 Å². The van der Waals surface area contributed by atoms with E-state index in [1.54, 1.807) is 0 Å². The van der Waals surface area contributed by atoms with Gasteiger partial charge in [0.15, 0.2) is 0 Å².